The maximum absolute atomic E-state index is 13.2. The highest BCUT2D eigenvalue weighted by atomic mass is 16.5. The number of benzene rings is 1. The Labute approximate surface area is 176 Å². The molecule has 1 amide bonds. The van der Waals surface area contributed by atoms with Crippen molar-refractivity contribution in [1.82, 2.24) is 24.6 Å². The van der Waals surface area contributed by atoms with Crippen LogP contribution in [0.15, 0.2) is 60.9 Å². The van der Waals surface area contributed by atoms with Gasteiger partial charge in [0.15, 0.2) is 5.69 Å². The summed E-state index contributed by atoms with van der Waals surface area (Å²) >= 11 is 0. The Morgan fingerprint density at radius 1 is 1.13 bits per heavy atom. The van der Waals surface area contributed by atoms with Gasteiger partial charge in [0.25, 0.3) is 5.91 Å². The molecular formula is C23H27N5O2. The maximum Gasteiger partial charge on any atom is 0.274 e. The molecule has 0 spiro atoms. The second-order valence-electron chi connectivity index (χ2n) is 7.85. The summed E-state index contributed by atoms with van der Waals surface area (Å²) in [4.78, 5) is 21.2. The standard InChI is InChI=1S/C23H27N5O2/c1-26(2)12-13-27(16-18-6-4-3-5-7-18)23(29)22-15-19-14-21(17-28(19)25-22)30-20-8-10-24-11-9-20/h3-11,15,21H,12-14,16-17H2,1-2H3. The minimum absolute atomic E-state index is 0.0215. The molecule has 0 saturated carbocycles. The fourth-order valence-electron chi connectivity index (χ4n) is 3.60. The monoisotopic (exact) mass is 405 g/mol. The minimum Gasteiger partial charge on any atom is -0.488 e. The summed E-state index contributed by atoms with van der Waals surface area (Å²) in [6, 6.07) is 15.7. The van der Waals surface area contributed by atoms with Crippen molar-refractivity contribution in [2.45, 2.75) is 25.6 Å². The number of pyridine rings is 1. The Balaban J connectivity index is 1.44. The van der Waals surface area contributed by atoms with Gasteiger partial charge in [-0.3, -0.25) is 14.5 Å². The van der Waals surface area contributed by atoms with Gasteiger partial charge in [-0.15, -0.1) is 0 Å². The molecule has 0 bridgehead atoms. The summed E-state index contributed by atoms with van der Waals surface area (Å²) in [5.74, 6) is 0.768. The van der Waals surface area contributed by atoms with E-state index >= 15 is 0 Å². The Morgan fingerprint density at radius 2 is 1.90 bits per heavy atom. The van der Waals surface area contributed by atoms with Gasteiger partial charge >= 0.3 is 0 Å². The van der Waals surface area contributed by atoms with E-state index in [4.69, 9.17) is 4.74 Å². The number of amides is 1. The summed E-state index contributed by atoms with van der Waals surface area (Å²) in [7, 11) is 4.03. The average Bonchev–Trinajstić information content (AvgIpc) is 3.30. The number of ether oxygens (including phenoxy) is 1. The SMILES string of the molecule is CN(C)CCN(Cc1ccccc1)C(=O)c1cc2n(n1)CC(Oc1ccncc1)C2. The average molecular weight is 406 g/mol. The van der Waals surface area contributed by atoms with Gasteiger partial charge in [0, 0.05) is 44.1 Å². The number of rotatable bonds is 8. The minimum atomic E-state index is -0.0331. The first kappa shape index (κ1) is 20.1. The molecule has 4 rings (SSSR count). The van der Waals surface area contributed by atoms with Gasteiger partial charge in [0.05, 0.1) is 6.54 Å². The van der Waals surface area contributed by atoms with Crippen LogP contribution in [0, 0.1) is 0 Å². The number of hydrogen-bond donors (Lipinski definition) is 0. The highest BCUT2D eigenvalue weighted by Gasteiger charge is 2.28. The molecule has 1 aliphatic heterocycles. The van der Waals surface area contributed by atoms with Crippen LogP contribution in [0.3, 0.4) is 0 Å². The first-order valence-corrected chi connectivity index (χ1v) is 10.2. The maximum atomic E-state index is 13.2. The number of aromatic nitrogens is 3. The third-order valence-electron chi connectivity index (χ3n) is 5.17. The highest BCUT2D eigenvalue weighted by Crippen LogP contribution is 2.22. The van der Waals surface area contributed by atoms with Gasteiger partial charge in [-0.1, -0.05) is 30.3 Å². The van der Waals surface area contributed by atoms with Gasteiger partial charge in [-0.2, -0.15) is 5.10 Å². The van der Waals surface area contributed by atoms with Crippen LogP contribution in [-0.4, -0.2) is 63.8 Å². The van der Waals surface area contributed by atoms with Crippen LogP contribution in [0.1, 0.15) is 21.7 Å². The van der Waals surface area contributed by atoms with Crippen LogP contribution in [0.4, 0.5) is 0 Å². The van der Waals surface area contributed by atoms with Crippen molar-refractivity contribution in [1.29, 1.82) is 0 Å². The number of nitrogens with zero attached hydrogens (tertiary/aromatic N) is 5. The summed E-state index contributed by atoms with van der Waals surface area (Å²) in [6.07, 6.45) is 4.19. The number of likely N-dealkylation sites (N-methyl/N-ethyl adjacent to an activating group) is 1. The molecule has 0 N–H and O–H groups in total. The first-order valence-electron chi connectivity index (χ1n) is 10.2. The molecule has 7 nitrogen and oxygen atoms in total. The van der Waals surface area contributed by atoms with E-state index in [9.17, 15) is 4.79 Å². The van der Waals surface area contributed by atoms with E-state index in [2.05, 4.69) is 15.0 Å². The largest absolute Gasteiger partial charge is 0.488 e. The second-order valence-corrected chi connectivity index (χ2v) is 7.85. The Morgan fingerprint density at radius 3 is 2.60 bits per heavy atom. The van der Waals surface area contributed by atoms with Crippen molar-refractivity contribution in [2.24, 2.45) is 0 Å². The van der Waals surface area contributed by atoms with E-state index in [1.165, 1.54) is 0 Å². The summed E-state index contributed by atoms with van der Waals surface area (Å²) in [6.45, 7) is 2.66. The van der Waals surface area contributed by atoms with E-state index in [-0.39, 0.29) is 12.0 Å². The molecule has 1 aliphatic rings. The smallest absolute Gasteiger partial charge is 0.274 e. The number of carbonyl (C=O) groups is 1. The topological polar surface area (TPSA) is 63.5 Å². The fraction of sp³-hybridized carbons (Fsp3) is 0.348. The van der Waals surface area contributed by atoms with Crippen molar-refractivity contribution < 1.29 is 9.53 Å². The Hall–Kier alpha value is -3.19. The highest BCUT2D eigenvalue weighted by molar-refractivity contribution is 5.92. The first-order chi connectivity index (χ1) is 14.6. The molecule has 1 unspecified atom stereocenters. The lowest BCUT2D eigenvalue weighted by atomic mass is 10.2. The van der Waals surface area contributed by atoms with E-state index < -0.39 is 0 Å². The molecule has 3 heterocycles. The van der Waals surface area contributed by atoms with Gasteiger partial charge in [-0.25, -0.2) is 0 Å². The molecule has 1 aromatic carbocycles. The van der Waals surface area contributed by atoms with Crippen molar-refractivity contribution in [2.75, 3.05) is 27.2 Å². The molecule has 0 aliphatic carbocycles. The lowest BCUT2D eigenvalue weighted by Gasteiger charge is -2.24. The zero-order valence-electron chi connectivity index (χ0n) is 17.4. The molecule has 1 atom stereocenters. The fourth-order valence-corrected chi connectivity index (χ4v) is 3.60. The lowest BCUT2D eigenvalue weighted by molar-refractivity contribution is 0.0724. The van der Waals surface area contributed by atoms with Gasteiger partial charge in [0.2, 0.25) is 0 Å². The van der Waals surface area contributed by atoms with Crippen molar-refractivity contribution in [3.05, 3.63) is 77.9 Å². The Bertz CT molecular complexity index is 948. The third-order valence-corrected chi connectivity index (χ3v) is 5.17. The summed E-state index contributed by atoms with van der Waals surface area (Å²) in [5, 5.41) is 4.59. The molecule has 0 radical (unpaired) electrons. The molecule has 7 heteroatoms. The van der Waals surface area contributed by atoms with Crippen LogP contribution in [0.5, 0.6) is 5.75 Å². The molecule has 0 fully saturated rings. The summed E-state index contributed by atoms with van der Waals surface area (Å²) < 4.78 is 7.90. The van der Waals surface area contributed by atoms with Gasteiger partial charge in [0.1, 0.15) is 11.9 Å². The third kappa shape index (κ3) is 4.86. The Kier molecular flexibility index (Phi) is 6.09. The molecule has 2 aromatic heterocycles. The number of fused-ring (bicyclic) bond motifs is 1. The van der Waals surface area contributed by atoms with Crippen LogP contribution < -0.4 is 4.74 Å². The van der Waals surface area contributed by atoms with Gasteiger partial charge < -0.3 is 14.5 Å². The van der Waals surface area contributed by atoms with E-state index in [1.807, 2.05) is 72.2 Å². The zero-order chi connectivity index (χ0) is 20.9. The van der Waals surface area contributed by atoms with Crippen LogP contribution >= 0.6 is 0 Å². The van der Waals surface area contributed by atoms with Crippen LogP contribution in [0.2, 0.25) is 0 Å². The van der Waals surface area contributed by atoms with Crippen molar-refractivity contribution >= 4 is 5.91 Å². The summed E-state index contributed by atoms with van der Waals surface area (Å²) in [5.41, 5.74) is 2.65. The van der Waals surface area contributed by atoms with Crippen LogP contribution in [-0.2, 0) is 19.5 Å². The number of carbonyl (C=O) groups excluding carboxylic acids is 1. The van der Waals surface area contributed by atoms with Crippen molar-refractivity contribution in [3.8, 4) is 5.75 Å². The van der Waals surface area contributed by atoms with E-state index in [1.54, 1.807) is 12.4 Å². The molecule has 30 heavy (non-hydrogen) atoms. The van der Waals surface area contributed by atoms with Gasteiger partial charge in [-0.05, 0) is 37.9 Å². The predicted octanol–water partition coefficient (Wildman–Crippen LogP) is 2.49. The zero-order valence-corrected chi connectivity index (χ0v) is 17.4. The molecular weight excluding hydrogens is 378 g/mol. The predicted molar refractivity (Wildman–Crippen MR) is 114 cm³/mol. The second kappa shape index (κ2) is 9.09. The molecule has 156 valence electrons. The number of hydrogen-bond acceptors (Lipinski definition) is 5. The van der Waals surface area contributed by atoms with E-state index in [0.29, 0.717) is 25.3 Å². The lowest BCUT2D eigenvalue weighted by Crippen LogP contribution is -2.36. The quantitative estimate of drug-likeness (QED) is 0.576. The molecule has 3 aromatic rings. The normalized spacial score (nSPS) is 15.2. The molecule has 0 saturated heterocycles. The van der Waals surface area contributed by atoms with E-state index in [0.717, 1.165) is 30.0 Å². The van der Waals surface area contributed by atoms with Crippen LogP contribution in [0.25, 0.3) is 0 Å². The van der Waals surface area contributed by atoms with Crippen molar-refractivity contribution in [3.63, 3.8) is 0 Å².